The summed E-state index contributed by atoms with van der Waals surface area (Å²) in [6, 6.07) is 0.111. The van der Waals surface area contributed by atoms with E-state index in [1.807, 2.05) is 0 Å². The van der Waals surface area contributed by atoms with Crippen LogP contribution in [-0.2, 0) is 10.0 Å². The van der Waals surface area contributed by atoms with E-state index >= 15 is 0 Å². The Bertz CT molecular complexity index is 324. The van der Waals surface area contributed by atoms with Crippen LogP contribution < -0.4 is 4.72 Å². The standard InChI is InChI=1S/C10H24N2O2SSi/c1-15(13,14)11-10-6-5-7-12(8-10)9-16(2,3)4/h10-11H,5-9H2,1-4H3/t10-/m0/s1. The maximum absolute atomic E-state index is 11.2. The van der Waals surface area contributed by atoms with E-state index in [0.717, 1.165) is 32.1 Å². The molecule has 1 aliphatic heterocycles. The van der Waals surface area contributed by atoms with E-state index in [9.17, 15) is 8.42 Å². The predicted octanol–water partition coefficient (Wildman–Crippen LogP) is 0.877. The lowest BCUT2D eigenvalue weighted by Crippen LogP contribution is -2.51. The third-order valence-electron chi connectivity index (χ3n) is 2.58. The Balaban J connectivity index is 2.48. The highest BCUT2D eigenvalue weighted by atomic mass is 32.2. The van der Waals surface area contributed by atoms with Gasteiger partial charge in [-0.25, -0.2) is 13.1 Å². The fraction of sp³-hybridized carbons (Fsp3) is 1.00. The molecular weight excluding hydrogens is 240 g/mol. The number of piperidine rings is 1. The van der Waals surface area contributed by atoms with Gasteiger partial charge in [-0.3, -0.25) is 0 Å². The molecule has 1 fully saturated rings. The number of hydrogen-bond acceptors (Lipinski definition) is 3. The van der Waals surface area contributed by atoms with Crippen molar-refractivity contribution >= 4 is 18.1 Å². The normalized spacial score (nSPS) is 24.6. The van der Waals surface area contributed by atoms with Gasteiger partial charge >= 0.3 is 0 Å². The van der Waals surface area contributed by atoms with Crippen molar-refractivity contribution in [2.75, 3.05) is 25.5 Å². The van der Waals surface area contributed by atoms with E-state index < -0.39 is 18.1 Å². The second-order valence-electron chi connectivity index (χ2n) is 6.02. The Morgan fingerprint density at radius 3 is 2.50 bits per heavy atom. The van der Waals surface area contributed by atoms with Gasteiger partial charge in [0, 0.05) is 12.6 Å². The van der Waals surface area contributed by atoms with Crippen LogP contribution in [0.2, 0.25) is 19.6 Å². The van der Waals surface area contributed by atoms with Crippen LogP contribution in [0, 0.1) is 0 Å². The molecule has 1 atom stereocenters. The second kappa shape index (κ2) is 5.16. The van der Waals surface area contributed by atoms with Crippen LogP contribution in [0.4, 0.5) is 0 Å². The smallest absolute Gasteiger partial charge is 0.208 e. The molecule has 0 radical (unpaired) electrons. The van der Waals surface area contributed by atoms with Gasteiger partial charge in [-0.1, -0.05) is 19.6 Å². The van der Waals surface area contributed by atoms with Gasteiger partial charge in [0.15, 0.2) is 0 Å². The molecule has 6 heteroatoms. The summed E-state index contributed by atoms with van der Waals surface area (Å²) < 4.78 is 25.1. The van der Waals surface area contributed by atoms with Crippen molar-refractivity contribution < 1.29 is 8.42 Å². The first-order valence-electron chi connectivity index (χ1n) is 5.85. The van der Waals surface area contributed by atoms with Crippen LogP contribution in [0.1, 0.15) is 12.8 Å². The van der Waals surface area contributed by atoms with Crippen molar-refractivity contribution in [2.24, 2.45) is 0 Å². The quantitative estimate of drug-likeness (QED) is 0.767. The van der Waals surface area contributed by atoms with E-state index in [4.69, 9.17) is 0 Å². The van der Waals surface area contributed by atoms with Gasteiger partial charge in [-0.15, -0.1) is 0 Å². The van der Waals surface area contributed by atoms with Crippen LogP contribution in [0.15, 0.2) is 0 Å². The van der Waals surface area contributed by atoms with E-state index in [-0.39, 0.29) is 6.04 Å². The van der Waals surface area contributed by atoms with Crippen LogP contribution in [0.5, 0.6) is 0 Å². The highest BCUT2D eigenvalue weighted by Gasteiger charge is 2.25. The van der Waals surface area contributed by atoms with Gasteiger partial charge in [0.25, 0.3) is 0 Å². The van der Waals surface area contributed by atoms with Crippen molar-refractivity contribution in [1.82, 2.24) is 9.62 Å². The summed E-state index contributed by atoms with van der Waals surface area (Å²) in [5, 5.41) is 0. The molecule has 4 nitrogen and oxygen atoms in total. The lowest BCUT2D eigenvalue weighted by molar-refractivity contribution is 0.227. The number of rotatable bonds is 4. The molecule has 0 amide bonds. The molecule has 16 heavy (non-hydrogen) atoms. The number of likely N-dealkylation sites (tertiary alicyclic amines) is 1. The number of nitrogens with one attached hydrogen (secondary N) is 1. The Morgan fingerprint density at radius 2 is 2.00 bits per heavy atom. The Labute approximate surface area is 100 Å². The van der Waals surface area contributed by atoms with Gasteiger partial charge in [-0.05, 0) is 25.6 Å². The summed E-state index contributed by atoms with van der Waals surface area (Å²) in [5.74, 6) is 0. The molecule has 1 rings (SSSR count). The monoisotopic (exact) mass is 264 g/mol. The fourth-order valence-corrected chi connectivity index (χ4v) is 4.70. The third kappa shape index (κ3) is 5.98. The minimum absolute atomic E-state index is 0.111. The molecule has 1 aliphatic rings. The van der Waals surface area contributed by atoms with Crippen molar-refractivity contribution in [3.8, 4) is 0 Å². The van der Waals surface area contributed by atoms with E-state index in [1.54, 1.807) is 0 Å². The van der Waals surface area contributed by atoms with Gasteiger partial charge in [0.2, 0.25) is 10.0 Å². The molecule has 0 aromatic rings. The molecule has 0 saturated carbocycles. The summed E-state index contributed by atoms with van der Waals surface area (Å²) >= 11 is 0. The summed E-state index contributed by atoms with van der Waals surface area (Å²) in [5.41, 5.74) is 0. The third-order valence-corrected chi connectivity index (χ3v) is 4.74. The molecule has 96 valence electrons. The first kappa shape index (κ1) is 14.1. The second-order valence-corrected chi connectivity index (χ2v) is 13.2. The van der Waals surface area contributed by atoms with Crippen LogP contribution in [0.3, 0.4) is 0 Å². The Morgan fingerprint density at radius 1 is 1.38 bits per heavy atom. The Hall–Kier alpha value is 0.0869. The maximum Gasteiger partial charge on any atom is 0.208 e. The molecule has 1 N–H and O–H groups in total. The maximum atomic E-state index is 11.2. The molecule has 1 saturated heterocycles. The fourth-order valence-electron chi connectivity index (χ4n) is 2.27. The first-order valence-corrected chi connectivity index (χ1v) is 11.5. The molecule has 0 spiro atoms. The molecular formula is C10H24N2O2SSi. The van der Waals surface area contributed by atoms with E-state index in [0.29, 0.717) is 0 Å². The molecule has 0 unspecified atom stereocenters. The van der Waals surface area contributed by atoms with Gasteiger partial charge in [0.1, 0.15) is 0 Å². The molecule has 0 aliphatic carbocycles. The average Bonchev–Trinajstić information content (AvgIpc) is 1.96. The minimum Gasteiger partial charge on any atom is -0.305 e. The number of nitrogens with zero attached hydrogens (tertiary/aromatic N) is 1. The van der Waals surface area contributed by atoms with E-state index in [1.165, 1.54) is 6.26 Å². The topological polar surface area (TPSA) is 49.4 Å². The van der Waals surface area contributed by atoms with Crippen LogP contribution in [0.25, 0.3) is 0 Å². The van der Waals surface area contributed by atoms with Gasteiger partial charge in [0.05, 0.1) is 14.3 Å². The van der Waals surface area contributed by atoms with Crippen molar-refractivity contribution in [2.45, 2.75) is 38.5 Å². The van der Waals surface area contributed by atoms with Gasteiger partial charge < -0.3 is 4.90 Å². The first-order chi connectivity index (χ1) is 7.16. The van der Waals surface area contributed by atoms with E-state index in [2.05, 4.69) is 29.3 Å². The predicted molar refractivity (Wildman–Crippen MR) is 70.8 cm³/mol. The SMILES string of the molecule is C[Si](C)(C)CN1CCC[C@H](NS(C)(=O)=O)C1. The summed E-state index contributed by atoms with van der Waals surface area (Å²) in [7, 11) is -4.14. The van der Waals surface area contributed by atoms with Gasteiger partial charge in [-0.2, -0.15) is 0 Å². The zero-order chi connectivity index (χ0) is 12.4. The summed E-state index contributed by atoms with van der Waals surface area (Å²) in [6.45, 7) is 9.03. The minimum atomic E-state index is -3.06. The lowest BCUT2D eigenvalue weighted by Gasteiger charge is -2.36. The van der Waals surface area contributed by atoms with Crippen molar-refractivity contribution in [3.63, 3.8) is 0 Å². The molecule has 0 aromatic carbocycles. The summed E-state index contributed by atoms with van der Waals surface area (Å²) in [6.07, 6.45) is 4.46. The lowest BCUT2D eigenvalue weighted by atomic mass is 10.1. The summed E-state index contributed by atoms with van der Waals surface area (Å²) in [4.78, 5) is 2.42. The van der Waals surface area contributed by atoms with Crippen LogP contribution in [-0.4, -0.2) is 52.9 Å². The van der Waals surface area contributed by atoms with Crippen molar-refractivity contribution in [3.05, 3.63) is 0 Å². The molecule has 1 heterocycles. The zero-order valence-corrected chi connectivity index (χ0v) is 12.6. The van der Waals surface area contributed by atoms with Crippen molar-refractivity contribution in [1.29, 1.82) is 0 Å². The molecule has 0 bridgehead atoms. The largest absolute Gasteiger partial charge is 0.305 e. The number of sulfonamides is 1. The zero-order valence-electron chi connectivity index (χ0n) is 10.8. The Kier molecular flexibility index (Phi) is 4.56. The highest BCUT2D eigenvalue weighted by Crippen LogP contribution is 2.13. The molecule has 0 aromatic heterocycles. The van der Waals surface area contributed by atoms with Crippen LogP contribution >= 0.6 is 0 Å². The number of hydrogen-bond donors (Lipinski definition) is 1. The average molecular weight is 264 g/mol. The highest BCUT2D eigenvalue weighted by molar-refractivity contribution is 7.88.